The summed E-state index contributed by atoms with van der Waals surface area (Å²) in [6, 6.07) is 0. The van der Waals surface area contributed by atoms with E-state index in [9.17, 15) is 0 Å². The number of allylic oxidation sites excluding steroid dienone is 1. The summed E-state index contributed by atoms with van der Waals surface area (Å²) in [5.74, 6) is 0. The van der Waals surface area contributed by atoms with Gasteiger partial charge in [0.2, 0.25) is 0 Å². The van der Waals surface area contributed by atoms with Gasteiger partial charge in [0.05, 0.1) is 0 Å². The van der Waals surface area contributed by atoms with E-state index in [4.69, 9.17) is 16.1 Å². The Morgan fingerprint density at radius 1 is 1.46 bits per heavy atom. The fraction of sp³-hybridized carbons (Fsp3) is 0.700. The third-order valence-corrected chi connectivity index (χ3v) is 1.36. The zero-order valence-electron chi connectivity index (χ0n) is 8.18. The van der Waals surface area contributed by atoms with Crippen LogP contribution in [0.15, 0.2) is 11.8 Å². The Kier molecular flexibility index (Phi) is 14.2. The van der Waals surface area contributed by atoms with E-state index in [1.807, 2.05) is 13.8 Å². The van der Waals surface area contributed by atoms with E-state index < -0.39 is 0 Å². The topological polar surface area (TPSA) is 18.5 Å². The Hall–Kier alpha value is -0.0405. The molecule has 0 fully saturated rings. The molecule has 0 saturated carbocycles. The first-order chi connectivity index (χ1) is 5.81. The minimum Gasteiger partial charge on any atom is -0.353 e. The molecular formula is C10H17CuO2. The van der Waals surface area contributed by atoms with Crippen LogP contribution in [0.1, 0.15) is 26.7 Å². The molecule has 0 amide bonds. The van der Waals surface area contributed by atoms with Crippen molar-refractivity contribution in [2.75, 3.05) is 13.2 Å². The van der Waals surface area contributed by atoms with Crippen molar-refractivity contribution in [2.24, 2.45) is 0 Å². The Bertz CT molecular complexity index is 142. The summed E-state index contributed by atoms with van der Waals surface area (Å²) in [4.78, 5) is 0. The molecule has 0 saturated heterocycles. The maximum absolute atomic E-state index is 5.32. The number of ether oxygens (including phenoxy) is 2. The maximum Gasteiger partial charge on any atom is 1.00 e. The number of rotatable bonds is 7. The zero-order valence-corrected chi connectivity index (χ0v) is 9.12. The van der Waals surface area contributed by atoms with Crippen LogP contribution in [0, 0.1) is 6.58 Å². The van der Waals surface area contributed by atoms with Gasteiger partial charge in [0.15, 0.2) is 6.29 Å². The van der Waals surface area contributed by atoms with Gasteiger partial charge in [0.25, 0.3) is 0 Å². The van der Waals surface area contributed by atoms with E-state index in [1.54, 1.807) is 6.08 Å². The molecule has 1 atom stereocenters. The van der Waals surface area contributed by atoms with E-state index in [0.29, 0.717) is 13.2 Å². The summed E-state index contributed by atoms with van der Waals surface area (Å²) < 4.78 is 10.5. The molecule has 0 aliphatic heterocycles. The normalized spacial score (nSPS) is 11.2. The molecule has 3 heteroatoms. The third-order valence-electron chi connectivity index (χ3n) is 1.36. The Balaban J connectivity index is 0. The molecule has 0 aromatic rings. The molecule has 0 aromatic heterocycles. The largest absolute Gasteiger partial charge is 1.00 e. The predicted octanol–water partition coefficient (Wildman–Crippen LogP) is 2.31. The average molecular weight is 233 g/mol. The van der Waals surface area contributed by atoms with Crippen molar-refractivity contribution in [3.05, 3.63) is 18.4 Å². The maximum atomic E-state index is 5.32. The van der Waals surface area contributed by atoms with Crippen molar-refractivity contribution in [3.8, 4) is 0 Å². The van der Waals surface area contributed by atoms with Crippen LogP contribution in [0.2, 0.25) is 0 Å². The summed E-state index contributed by atoms with van der Waals surface area (Å²) >= 11 is 0. The van der Waals surface area contributed by atoms with Crippen LogP contribution in [0.3, 0.4) is 0 Å². The molecule has 0 spiro atoms. The molecule has 80 valence electrons. The van der Waals surface area contributed by atoms with Gasteiger partial charge in [-0.05, 0) is 20.3 Å². The van der Waals surface area contributed by atoms with Gasteiger partial charge in [-0.1, -0.05) is 6.42 Å². The molecule has 0 bridgehead atoms. The van der Waals surface area contributed by atoms with Gasteiger partial charge in [-0.25, -0.2) is 6.58 Å². The van der Waals surface area contributed by atoms with E-state index >= 15 is 0 Å². The van der Waals surface area contributed by atoms with E-state index in [1.165, 1.54) is 0 Å². The van der Waals surface area contributed by atoms with Crippen molar-refractivity contribution in [1.82, 2.24) is 0 Å². The van der Waals surface area contributed by atoms with Gasteiger partial charge in [0.1, 0.15) is 0 Å². The third kappa shape index (κ3) is 12.0. The zero-order chi connectivity index (χ0) is 9.23. The summed E-state index contributed by atoms with van der Waals surface area (Å²) in [6.07, 6.45) is 3.58. The van der Waals surface area contributed by atoms with Crippen LogP contribution >= 0.6 is 0 Å². The van der Waals surface area contributed by atoms with Crippen LogP contribution in [-0.4, -0.2) is 19.5 Å². The van der Waals surface area contributed by atoms with Crippen LogP contribution in [0.4, 0.5) is 0 Å². The second-order valence-electron chi connectivity index (χ2n) is 2.41. The molecular weight excluding hydrogens is 216 g/mol. The molecule has 0 aliphatic carbocycles. The van der Waals surface area contributed by atoms with Crippen molar-refractivity contribution in [1.29, 1.82) is 0 Å². The Morgan fingerprint density at radius 2 is 2.15 bits per heavy atom. The summed E-state index contributed by atoms with van der Waals surface area (Å²) in [5, 5.41) is 0. The van der Waals surface area contributed by atoms with Gasteiger partial charge in [-0.15, -0.1) is 0 Å². The summed E-state index contributed by atoms with van der Waals surface area (Å²) in [5.41, 5.74) is 2.47. The average Bonchev–Trinajstić information content (AvgIpc) is 2.05. The molecule has 13 heavy (non-hydrogen) atoms. The van der Waals surface area contributed by atoms with Crippen molar-refractivity contribution >= 4 is 0 Å². The Morgan fingerprint density at radius 3 is 2.69 bits per heavy atom. The molecule has 0 aliphatic rings. The SMILES string of the molecule is [CH-]=C=CCCCOC(C)OCC.[Cu+]. The van der Waals surface area contributed by atoms with Crippen molar-refractivity contribution < 1.29 is 26.5 Å². The number of unbranched alkanes of at least 4 members (excludes halogenated alkanes) is 1. The summed E-state index contributed by atoms with van der Waals surface area (Å²) in [7, 11) is 0. The molecule has 0 rings (SSSR count). The van der Waals surface area contributed by atoms with E-state index in [-0.39, 0.29) is 23.4 Å². The molecule has 0 aromatic carbocycles. The monoisotopic (exact) mass is 232 g/mol. The standard InChI is InChI=1S/C10H17O2.Cu/c1-4-6-7-8-9-12-10(3)11-5-2;/h1,6,10H,5,7-9H2,2-3H3;/q-1;+1. The van der Waals surface area contributed by atoms with Crippen LogP contribution in [0.25, 0.3) is 0 Å². The second kappa shape index (κ2) is 12.0. The molecule has 0 heterocycles. The first-order valence-electron chi connectivity index (χ1n) is 4.32. The fourth-order valence-corrected chi connectivity index (χ4v) is 0.801. The van der Waals surface area contributed by atoms with Gasteiger partial charge >= 0.3 is 17.1 Å². The van der Waals surface area contributed by atoms with Gasteiger partial charge in [-0.3, -0.25) is 0 Å². The van der Waals surface area contributed by atoms with Crippen LogP contribution < -0.4 is 0 Å². The van der Waals surface area contributed by atoms with Crippen molar-refractivity contribution in [3.63, 3.8) is 0 Å². The quantitative estimate of drug-likeness (QED) is 0.221. The minimum absolute atomic E-state index is 0. The predicted molar refractivity (Wildman–Crippen MR) is 48.7 cm³/mol. The van der Waals surface area contributed by atoms with E-state index in [0.717, 1.165) is 12.8 Å². The molecule has 2 nitrogen and oxygen atoms in total. The second-order valence-corrected chi connectivity index (χ2v) is 2.41. The van der Waals surface area contributed by atoms with Gasteiger partial charge in [0, 0.05) is 13.2 Å². The van der Waals surface area contributed by atoms with Crippen LogP contribution in [0.5, 0.6) is 0 Å². The summed E-state index contributed by atoms with van der Waals surface area (Å²) in [6.45, 7) is 10.3. The van der Waals surface area contributed by atoms with Gasteiger partial charge < -0.3 is 15.2 Å². The first kappa shape index (κ1) is 15.4. The molecule has 1 unspecified atom stereocenters. The molecule has 0 N–H and O–H groups in total. The van der Waals surface area contributed by atoms with Crippen molar-refractivity contribution in [2.45, 2.75) is 33.0 Å². The molecule has 0 radical (unpaired) electrons. The number of hydrogen-bond donors (Lipinski definition) is 0. The Labute approximate surface area is 91.5 Å². The van der Waals surface area contributed by atoms with E-state index in [2.05, 4.69) is 5.73 Å². The smallest absolute Gasteiger partial charge is 0.353 e. The minimum atomic E-state index is -0.0964. The fourth-order valence-electron chi connectivity index (χ4n) is 0.801. The number of hydrogen-bond acceptors (Lipinski definition) is 2. The van der Waals surface area contributed by atoms with Gasteiger partial charge in [-0.2, -0.15) is 6.08 Å². The first-order valence-corrected chi connectivity index (χ1v) is 4.32. The van der Waals surface area contributed by atoms with Crippen LogP contribution in [-0.2, 0) is 26.5 Å².